The second-order valence-electron chi connectivity index (χ2n) is 13.0. The molecule has 42 heavy (non-hydrogen) atoms. The number of hydrogen-bond donors (Lipinski definition) is 1. The van der Waals surface area contributed by atoms with Gasteiger partial charge in [-0.05, 0) is 75.7 Å². The number of sulfonamides is 1. The fourth-order valence-electron chi connectivity index (χ4n) is 4.65. The van der Waals surface area contributed by atoms with Gasteiger partial charge in [0.15, 0.2) is 0 Å². The van der Waals surface area contributed by atoms with E-state index in [0.29, 0.717) is 12.2 Å². The molecule has 3 aromatic rings. The Kier molecular flexibility index (Phi) is 8.60. The molecule has 0 fully saturated rings. The van der Waals surface area contributed by atoms with Crippen molar-refractivity contribution in [2.75, 3.05) is 19.4 Å². The van der Waals surface area contributed by atoms with Gasteiger partial charge in [-0.25, -0.2) is 31.9 Å². The van der Waals surface area contributed by atoms with E-state index in [2.05, 4.69) is 34.9 Å². The van der Waals surface area contributed by atoms with Crippen molar-refractivity contribution in [1.29, 1.82) is 0 Å². The molecular formula is C29H40FN5O5SSi. The fraction of sp³-hybridized carbons (Fsp3) is 0.483. The Balaban J connectivity index is 1.76. The van der Waals surface area contributed by atoms with Gasteiger partial charge in [0.2, 0.25) is 16.0 Å². The van der Waals surface area contributed by atoms with Crippen LogP contribution < -0.4 is 5.32 Å². The average molecular weight is 618 g/mol. The molecule has 228 valence electrons. The molecule has 0 saturated carbocycles. The number of aliphatic imine (C=N–C) groups is 1. The van der Waals surface area contributed by atoms with Crippen molar-refractivity contribution in [2.24, 2.45) is 4.99 Å². The summed E-state index contributed by atoms with van der Waals surface area (Å²) < 4.78 is 56.1. The van der Waals surface area contributed by atoms with Crippen LogP contribution in [0.3, 0.4) is 0 Å². The van der Waals surface area contributed by atoms with Crippen molar-refractivity contribution in [3.63, 3.8) is 0 Å². The van der Waals surface area contributed by atoms with Gasteiger partial charge in [-0.2, -0.15) is 0 Å². The van der Waals surface area contributed by atoms with Crippen molar-refractivity contribution in [2.45, 2.75) is 71.3 Å². The molecule has 0 radical (unpaired) electrons. The molecule has 1 aromatic carbocycles. The first-order valence-electron chi connectivity index (χ1n) is 13.8. The minimum Gasteiger partial charge on any atom is -0.444 e. The Hall–Kier alpha value is -3.29. The molecule has 0 aliphatic carbocycles. The lowest BCUT2D eigenvalue weighted by Gasteiger charge is -2.36. The zero-order valence-electron chi connectivity index (χ0n) is 25.5. The summed E-state index contributed by atoms with van der Waals surface area (Å²) in [7, 11) is -3.98. The number of alkyl carbamates (subject to hydrolysis) is 1. The molecule has 0 unspecified atom stereocenters. The fourth-order valence-corrected chi connectivity index (χ4v) is 6.88. The van der Waals surface area contributed by atoms with E-state index in [-0.39, 0.29) is 18.3 Å². The van der Waals surface area contributed by atoms with Crippen LogP contribution in [0, 0.1) is 5.82 Å². The first-order chi connectivity index (χ1) is 19.4. The molecule has 3 heterocycles. The predicted molar refractivity (Wildman–Crippen MR) is 165 cm³/mol. The van der Waals surface area contributed by atoms with Crippen LogP contribution >= 0.6 is 0 Å². The Bertz CT molecular complexity index is 1630. The molecule has 1 aliphatic heterocycles. The number of guanidine groups is 1. The minimum absolute atomic E-state index is 0.0737. The minimum atomic E-state index is -3.97. The van der Waals surface area contributed by atoms with Gasteiger partial charge in [0.25, 0.3) is 0 Å². The lowest BCUT2D eigenvalue weighted by atomic mass is 9.92. The van der Waals surface area contributed by atoms with Crippen LogP contribution in [0.25, 0.3) is 22.3 Å². The molecule has 4 rings (SSSR count). The maximum absolute atomic E-state index is 15.5. The van der Waals surface area contributed by atoms with Crippen LogP contribution in [0.2, 0.25) is 25.7 Å². The third kappa shape index (κ3) is 7.19. The van der Waals surface area contributed by atoms with Crippen molar-refractivity contribution in [3.05, 3.63) is 54.0 Å². The third-order valence-corrected chi connectivity index (χ3v) is 10.5. The van der Waals surface area contributed by atoms with Crippen LogP contribution in [0.1, 0.15) is 33.3 Å². The van der Waals surface area contributed by atoms with Crippen LogP contribution in [-0.2, 0) is 31.8 Å². The largest absolute Gasteiger partial charge is 0.444 e. The maximum atomic E-state index is 15.5. The van der Waals surface area contributed by atoms with Gasteiger partial charge < -0.3 is 14.0 Å². The number of carbonyl (C=O) groups excluding carboxylic acids is 1. The monoisotopic (exact) mass is 617 g/mol. The Morgan fingerprint density at radius 2 is 1.90 bits per heavy atom. The zero-order chi connectivity index (χ0) is 31.1. The van der Waals surface area contributed by atoms with E-state index in [4.69, 9.17) is 9.47 Å². The van der Waals surface area contributed by atoms with Crippen LogP contribution in [-0.4, -0.2) is 67.4 Å². The summed E-state index contributed by atoms with van der Waals surface area (Å²) in [6, 6.07) is 11.3. The van der Waals surface area contributed by atoms with Gasteiger partial charge in [-0.1, -0.05) is 19.6 Å². The quantitative estimate of drug-likeness (QED) is 0.276. The van der Waals surface area contributed by atoms with Gasteiger partial charge in [0.1, 0.15) is 29.3 Å². The molecular weight excluding hydrogens is 578 g/mol. The number of amides is 1. The summed E-state index contributed by atoms with van der Waals surface area (Å²) >= 11 is 0. The lowest BCUT2D eigenvalue weighted by molar-refractivity contribution is 0.0559. The highest BCUT2D eigenvalue weighted by Gasteiger charge is 2.43. The number of aromatic nitrogens is 2. The number of nitrogens with zero attached hydrogens (tertiary/aromatic N) is 4. The second-order valence-corrected chi connectivity index (χ2v) is 20.6. The highest BCUT2D eigenvalue weighted by molar-refractivity contribution is 7.89. The van der Waals surface area contributed by atoms with E-state index in [1.54, 1.807) is 39.1 Å². The van der Waals surface area contributed by atoms with Gasteiger partial charge in [0.05, 0.1) is 11.4 Å². The van der Waals surface area contributed by atoms with E-state index in [0.717, 1.165) is 27.1 Å². The predicted octanol–water partition coefficient (Wildman–Crippen LogP) is 5.53. The zero-order valence-corrected chi connectivity index (χ0v) is 27.3. The SMILES string of the molecule is CN1C(NC(=O)OC(C)(C)C)=N[C@](C)(c2cc(-c3cc4cccnc4n3COCC[Si](C)(C)C)ccc2F)CS1(=O)=O. The van der Waals surface area contributed by atoms with Gasteiger partial charge in [-0.3, -0.25) is 5.32 Å². The first kappa shape index (κ1) is 31.6. The molecule has 1 amide bonds. The summed E-state index contributed by atoms with van der Waals surface area (Å²) in [4.78, 5) is 21.6. The van der Waals surface area contributed by atoms with Crippen molar-refractivity contribution >= 4 is 41.2 Å². The highest BCUT2D eigenvalue weighted by Crippen LogP contribution is 2.37. The standard InChI is InChI=1S/C29H40FN5O5SSi/c1-28(2,3)40-27(36)32-26-33-29(4,18-41(37,38)34(26)5)22-16-20(11-12-23(22)30)24-17-21-10-9-13-31-25(21)35(24)19-39-14-15-42(6,7)8/h9-13,16-17H,14-15,18-19H2,1-8H3,(H,32,33,36)/t29-/m0/s1. The third-order valence-electron chi connectivity index (χ3n) is 6.86. The molecule has 1 aliphatic rings. The molecule has 1 atom stereocenters. The van der Waals surface area contributed by atoms with Gasteiger partial charge >= 0.3 is 6.09 Å². The second kappa shape index (κ2) is 11.4. The summed E-state index contributed by atoms with van der Waals surface area (Å²) in [6.07, 6.45) is 0.840. The molecule has 2 aromatic heterocycles. The number of nitrogens with one attached hydrogen (secondary N) is 1. The molecule has 10 nitrogen and oxygen atoms in total. The van der Waals surface area contributed by atoms with Gasteiger partial charge in [0, 0.05) is 38.9 Å². The van der Waals surface area contributed by atoms with Crippen LogP contribution in [0.15, 0.2) is 47.6 Å². The van der Waals surface area contributed by atoms with E-state index >= 15 is 4.39 Å². The summed E-state index contributed by atoms with van der Waals surface area (Å²) in [5, 5.41) is 3.32. The molecule has 13 heteroatoms. The Morgan fingerprint density at radius 1 is 1.19 bits per heavy atom. The molecule has 0 bridgehead atoms. The normalized spacial score (nSPS) is 19.1. The van der Waals surface area contributed by atoms with E-state index < -0.39 is 46.9 Å². The first-order valence-corrected chi connectivity index (χ1v) is 19.1. The van der Waals surface area contributed by atoms with Crippen LogP contribution in [0.5, 0.6) is 0 Å². The highest BCUT2D eigenvalue weighted by atomic mass is 32.2. The summed E-state index contributed by atoms with van der Waals surface area (Å²) in [5.41, 5.74) is -0.169. The summed E-state index contributed by atoms with van der Waals surface area (Å²) in [6.45, 7) is 14.3. The summed E-state index contributed by atoms with van der Waals surface area (Å²) in [5.74, 6) is -1.37. The van der Waals surface area contributed by atoms with Crippen molar-refractivity contribution in [1.82, 2.24) is 19.2 Å². The number of hydrogen-bond acceptors (Lipinski definition) is 7. The number of rotatable bonds is 7. The van der Waals surface area contributed by atoms with E-state index in [1.165, 1.54) is 20.0 Å². The van der Waals surface area contributed by atoms with Crippen molar-refractivity contribution < 1.29 is 27.1 Å². The smallest absolute Gasteiger partial charge is 0.414 e. The van der Waals surface area contributed by atoms with Crippen molar-refractivity contribution in [3.8, 4) is 11.3 Å². The number of fused-ring (bicyclic) bond motifs is 1. The van der Waals surface area contributed by atoms with E-state index in [9.17, 15) is 13.2 Å². The van der Waals surface area contributed by atoms with Crippen LogP contribution in [0.4, 0.5) is 9.18 Å². The number of ether oxygens (including phenoxy) is 2. The topological polar surface area (TPSA) is 115 Å². The Morgan fingerprint density at radius 3 is 2.57 bits per heavy atom. The average Bonchev–Trinajstić information content (AvgIpc) is 3.21. The number of benzene rings is 1. The number of pyridine rings is 1. The maximum Gasteiger partial charge on any atom is 0.414 e. The lowest BCUT2D eigenvalue weighted by Crippen LogP contribution is -2.54. The number of halogens is 1. The van der Waals surface area contributed by atoms with Gasteiger partial charge in [-0.15, -0.1) is 0 Å². The van der Waals surface area contributed by atoms with E-state index in [1.807, 2.05) is 22.8 Å². The Labute approximate surface area is 248 Å². The molecule has 0 spiro atoms. The molecule has 0 saturated heterocycles. The number of carbonyl (C=O) groups is 1. The molecule has 1 N–H and O–H groups in total.